The minimum absolute atomic E-state index is 0.00884. The molecule has 100 valence electrons. The van der Waals surface area contributed by atoms with Gasteiger partial charge in [-0.15, -0.1) is 0 Å². The van der Waals surface area contributed by atoms with Crippen LogP contribution in [0.3, 0.4) is 0 Å². The van der Waals surface area contributed by atoms with Gasteiger partial charge in [-0.1, -0.05) is 0 Å². The summed E-state index contributed by atoms with van der Waals surface area (Å²) in [6.45, 7) is -0.417. The molecule has 0 saturated carbocycles. The zero-order valence-corrected chi connectivity index (χ0v) is 11.7. The Morgan fingerprint density at radius 2 is 2.50 bits per heavy atom. The van der Waals surface area contributed by atoms with Crippen molar-refractivity contribution in [2.45, 2.75) is 24.5 Å². The second kappa shape index (κ2) is 4.74. The Bertz CT molecular complexity index is 497. The summed E-state index contributed by atoms with van der Waals surface area (Å²) < 4.78 is 11.5. The highest BCUT2D eigenvalue weighted by Gasteiger charge is 2.48. The van der Waals surface area contributed by atoms with E-state index in [1.165, 1.54) is 6.33 Å². The van der Waals surface area contributed by atoms with Gasteiger partial charge >= 0.3 is 5.69 Å². The van der Waals surface area contributed by atoms with Crippen molar-refractivity contribution in [3.05, 3.63) is 16.8 Å². The van der Waals surface area contributed by atoms with Gasteiger partial charge in [0, 0.05) is 6.42 Å². The standard InChI is InChI=1S/C8H14N4O5Si/c9-6-10-3-12(7(14)11-6)5-1-8(15,17-18)4(2-13)16-5/h3-5,13,15H,1-2H2,18H3,(H2,9,11,14)/t4-,5-,8-/m1/s1. The summed E-state index contributed by atoms with van der Waals surface area (Å²) in [5.74, 6) is -1.73. The molecule has 1 aliphatic rings. The van der Waals surface area contributed by atoms with Gasteiger partial charge in [0.25, 0.3) is 0 Å². The van der Waals surface area contributed by atoms with Crippen LogP contribution in [0.25, 0.3) is 0 Å². The molecular formula is C8H14N4O5Si. The molecule has 1 aromatic rings. The van der Waals surface area contributed by atoms with Gasteiger partial charge in [-0.05, 0) is 0 Å². The third-order valence-corrected chi connectivity index (χ3v) is 3.57. The predicted octanol–water partition coefficient (Wildman–Crippen LogP) is -3.51. The Balaban J connectivity index is 2.29. The molecule has 0 aromatic carbocycles. The first kappa shape index (κ1) is 13.1. The van der Waals surface area contributed by atoms with Crippen molar-refractivity contribution in [2.75, 3.05) is 12.3 Å². The zero-order chi connectivity index (χ0) is 13.3. The molecule has 2 heterocycles. The van der Waals surface area contributed by atoms with Gasteiger partial charge in [0.05, 0.1) is 6.61 Å². The molecule has 0 aliphatic carbocycles. The minimum Gasteiger partial charge on any atom is -0.399 e. The molecular weight excluding hydrogens is 260 g/mol. The summed E-state index contributed by atoms with van der Waals surface area (Å²) in [7, 11) is 0.269. The van der Waals surface area contributed by atoms with Crippen molar-refractivity contribution < 1.29 is 19.4 Å². The normalized spacial score (nSPS) is 31.9. The Labute approximate surface area is 105 Å². The topological polar surface area (TPSA) is 133 Å². The lowest BCUT2D eigenvalue weighted by atomic mass is 10.1. The lowest BCUT2D eigenvalue weighted by Gasteiger charge is -2.25. The van der Waals surface area contributed by atoms with E-state index in [4.69, 9.17) is 20.0 Å². The Morgan fingerprint density at radius 1 is 1.78 bits per heavy atom. The van der Waals surface area contributed by atoms with Gasteiger partial charge in [0.15, 0.2) is 5.79 Å². The Hall–Kier alpha value is -1.33. The van der Waals surface area contributed by atoms with Crippen LogP contribution in [0.15, 0.2) is 11.1 Å². The van der Waals surface area contributed by atoms with Crippen LogP contribution in [0.2, 0.25) is 0 Å². The van der Waals surface area contributed by atoms with E-state index in [2.05, 4.69) is 9.97 Å². The Kier molecular flexibility index (Phi) is 3.45. The number of nitrogen functional groups attached to an aromatic ring is 1. The van der Waals surface area contributed by atoms with Crippen LogP contribution in [-0.2, 0) is 9.16 Å². The monoisotopic (exact) mass is 274 g/mol. The summed E-state index contributed by atoms with van der Waals surface area (Å²) in [6, 6.07) is 0. The van der Waals surface area contributed by atoms with Crippen LogP contribution in [0.1, 0.15) is 12.6 Å². The third-order valence-electron chi connectivity index (χ3n) is 2.87. The highest BCUT2D eigenvalue weighted by molar-refractivity contribution is 5.98. The van der Waals surface area contributed by atoms with Gasteiger partial charge in [0.1, 0.15) is 29.1 Å². The fourth-order valence-corrected chi connectivity index (χ4v) is 2.27. The molecule has 0 amide bonds. The molecule has 0 spiro atoms. The maximum absolute atomic E-state index is 11.6. The average molecular weight is 274 g/mol. The van der Waals surface area contributed by atoms with Crippen LogP contribution in [-0.4, -0.2) is 53.7 Å². The SMILES string of the molecule is Nc1ncn([C@H]2C[C@@](O)(O[SiH3])[C@@H](CO)O2)c(=O)n1. The average Bonchev–Trinajstić information content (AvgIpc) is 2.67. The summed E-state index contributed by atoms with van der Waals surface area (Å²) in [6.07, 6.45) is -0.518. The van der Waals surface area contributed by atoms with Gasteiger partial charge < -0.3 is 25.1 Å². The highest BCUT2D eigenvalue weighted by Crippen LogP contribution is 2.35. The van der Waals surface area contributed by atoms with E-state index in [1.54, 1.807) is 0 Å². The van der Waals surface area contributed by atoms with Crippen molar-refractivity contribution in [3.63, 3.8) is 0 Å². The third kappa shape index (κ3) is 2.15. The van der Waals surface area contributed by atoms with Crippen molar-refractivity contribution in [2.24, 2.45) is 0 Å². The van der Waals surface area contributed by atoms with Crippen LogP contribution in [0.5, 0.6) is 0 Å². The second-order valence-electron chi connectivity index (χ2n) is 3.92. The maximum atomic E-state index is 11.6. The molecule has 1 saturated heterocycles. The van der Waals surface area contributed by atoms with E-state index in [1.807, 2.05) is 0 Å². The van der Waals surface area contributed by atoms with Crippen molar-refractivity contribution in [1.82, 2.24) is 14.5 Å². The van der Waals surface area contributed by atoms with Crippen molar-refractivity contribution >= 4 is 16.4 Å². The van der Waals surface area contributed by atoms with Gasteiger partial charge in [-0.3, -0.25) is 4.57 Å². The van der Waals surface area contributed by atoms with E-state index in [9.17, 15) is 9.90 Å². The number of ether oxygens (including phenoxy) is 1. The number of nitrogens with zero attached hydrogens (tertiary/aromatic N) is 3. The maximum Gasteiger partial charge on any atom is 0.354 e. The lowest BCUT2D eigenvalue weighted by Crippen LogP contribution is -2.42. The largest absolute Gasteiger partial charge is 0.399 e. The van der Waals surface area contributed by atoms with E-state index in [-0.39, 0.29) is 22.9 Å². The molecule has 9 nitrogen and oxygen atoms in total. The summed E-state index contributed by atoms with van der Waals surface area (Å²) in [4.78, 5) is 18.7. The molecule has 0 radical (unpaired) electrons. The number of rotatable bonds is 3. The van der Waals surface area contributed by atoms with Gasteiger partial charge in [0.2, 0.25) is 5.95 Å². The molecule has 10 heteroatoms. The van der Waals surface area contributed by atoms with Gasteiger partial charge in [-0.2, -0.15) is 4.98 Å². The molecule has 2 rings (SSSR count). The molecule has 18 heavy (non-hydrogen) atoms. The molecule has 3 atom stereocenters. The fourth-order valence-electron chi connectivity index (χ4n) is 1.84. The zero-order valence-electron chi connectivity index (χ0n) is 9.68. The number of nitrogens with two attached hydrogens (primary N) is 1. The summed E-state index contributed by atoms with van der Waals surface area (Å²) >= 11 is 0. The first-order valence-electron chi connectivity index (χ1n) is 5.24. The molecule has 4 N–H and O–H groups in total. The molecule has 1 aliphatic heterocycles. The van der Waals surface area contributed by atoms with Gasteiger partial charge in [-0.25, -0.2) is 9.78 Å². The van der Waals surface area contributed by atoms with Crippen molar-refractivity contribution in [3.8, 4) is 0 Å². The predicted molar refractivity (Wildman–Crippen MR) is 62.3 cm³/mol. The van der Waals surface area contributed by atoms with Crippen LogP contribution in [0.4, 0.5) is 5.95 Å². The Morgan fingerprint density at radius 3 is 3.00 bits per heavy atom. The first-order valence-corrected chi connectivity index (χ1v) is 6.06. The number of aliphatic hydroxyl groups is 2. The quantitative estimate of drug-likeness (QED) is 0.382. The van der Waals surface area contributed by atoms with Crippen LogP contribution in [0, 0.1) is 0 Å². The van der Waals surface area contributed by atoms with E-state index < -0.39 is 30.4 Å². The number of aliphatic hydroxyl groups excluding tert-OH is 1. The van der Waals surface area contributed by atoms with E-state index >= 15 is 0 Å². The number of anilines is 1. The first-order chi connectivity index (χ1) is 8.50. The molecule has 0 unspecified atom stereocenters. The smallest absolute Gasteiger partial charge is 0.354 e. The number of hydrogen-bond acceptors (Lipinski definition) is 8. The second-order valence-corrected chi connectivity index (χ2v) is 4.33. The fraction of sp³-hybridized carbons (Fsp3) is 0.625. The number of hydrogen-bond donors (Lipinski definition) is 3. The molecule has 1 aromatic heterocycles. The highest BCUT2D eigenvalue weighted by atomic mass is 28.2. The van der Waals surface area contributed by atoms with Crippen LogP contribution >= 0.6 is 0 Å². The van der Waals surface area contributed by atoms with E-state index in [0.717, 1.165) is 4.57 Å². The van der Waals surface area contributed by atoms with Crippen molar-refractivity contribution in [1.29, 1.82) is 0 Å². The minimum atomic E-state index is -1.59. The molecule has 0 bridgehead atoms. The lowest BCUT2D eigenvalue weighted by molar-refractivity contribution is -0.182. The summed E-state index contributed by atoms with van der Waals surface area (Å²) in [5.41, 5.74) is 4.64. The molecule has 1 fully saturated rings. The van der Waals surface area contributed by atoms with Crippen LogP contribution < -0.4 is 11.4 Å². The van der Waals surface area contributed by atoms with E-state index in [0.29, 0.717) is 0 Å². The number of aromatic nitrogens is 3. The summed E-state index contributed by atoms with van der Waals surface area (Å²) in [5, 5.41) is 19.2.